The lowest BCUT2D eigenvalue weighted by Gasteiger charge is -2.11. The summed E-state index contributed by atoms with van der Waals surface area (Å²) in [5.74, 6) is -0.321. The third-order valence-corrected chi connectivity index (χ3v) is 3.31. The largest absolute Gasteiger partial charge is 0.369 e. The smallest absolute Gasteiger partial charge is 0.250 e. The van der Waals surface area contributed by atoms with E-state index in [1.807, 2.05) is 25.3 Å². The Kier molecular flexibility index (Phi) is 6.24. The summed E-state index contributed by atoms with van der Waals surface area (Å²) in [5.41, 5.74) is 0.0237. The van der Waals surface area contributed by atoms with E-state index in [1.54, 1.807) is 12.4 Å². The minimum absolute atomic E-state index is 0.0283. The van der Waals surface area contributed by atoms with Crippen LogP contribution in [0.4, 0.5) is 5.69 Å². The Hall–Kier alpha value is -1.14. The van der Waals surface area contributed by atoms with Gasteiger partial charge in [0.1, 0.15) is 12.3 Å². The molecule has 5 nitrogen and oxygen atoms in total. The molecule has 0 spiro atoms. The predicted octanol–water partition coefficient (Wildman–Crippen LogP) is 2.38. The number of halogens is 1. The molecular formula is C13H19BrN2O3. The van der Waals surface area contributed by atoms with E-state index in [-0.39, 0.29) is 29.7 Å². The van der Waals surface area contributed by atoms with Crippen LogP contribution in [0.2, 0.25) is 0 Å². The second kappa shape index (κ2) is 7.45. The van der Waals surface area contributed by atoms with Crippen molar-refractivity contribution in [3.63, 3.8) is 0 Å². The number of hydrogen-bond donors (Lipinski definition) is 1. The van der Waals surface area contributed by atoms with Crippen LogP contribution in [0.15, 0.2) is 21.7 Å². The van der Waals surface area contributed by atoms with Crippen LogP contribution in [0.1, 0.15) is 27.2 Å². The fraction of sp³-hybridized carbons (Fsp3) is 0.538. The van der Waals surface area contributed by atoms with Crippen molar-refractivity contribution in [2.75, 3.05) is 11.9 Å². The van der Waals surface area contributed by atoms with Gasteiger partial charge in [0.15, 0.2) is 0 Å². The number of carbonyl (C=O) groups excluding carboxylic acids is 1. The third-order valence-electron chi connectivity index (χ3n) is 2.75. The van der Waals surface area contributed by atoms with Crippen LogP contribution in [0.25, 0.3) is 0 Å². The van der Waals surface area contributed by atoms with Crippen molar-refractivity contribution in [2.24, 2.45) is 0 Å². The summed E-state index contributed by atoms with van der Waals surface area (Å²) in [6.07, 6.45) is 4.18. The molecule has 0 unspecified atom stereocenters. The van der Waals surface area contributed by atoms with Crippen LogP contribution < -0.4 is 10.7 Å². The first-order valence-electron chi connectivity index (χ1n) is 6.28. The Labute approximate surface area is 121 Å². The second-order valence-electron chi connectivity index (χ2n) is 4.26. The maximum absolute atomic E-state index is 11.9. The van der Waals surface area contributed by atoms with Crippen LogP contribution in [0.5, 0.6) is 0 Å². The van der Waals surface area contributed by atoms with Crippen molar-refractivity contribution in [3.8, 4) is 0 Å². The molecule has 1 rings (SSSR count). The number of aromatic nitrogens is 1. The lowest BCUT2D eigenvalue weighted by Crippen LogP contribution is -2.25. The van der Waals surface area contributed by atoms with E-state index in [2.05, 4.69) is 21.2 Å². The van der Waals surface area contributed by atoms with Crippen LogP contribution >= 0.6 is 15.9 Å². The summed E-state index contributed by atoms with van der Waals surface area (Å²) >= 11 is 3.19. The van der Waals surface area contributed by atoms with Gasteiger partial charge >= 0.3 is 0 Å². The first kappa shape index (κ1) is 15.9. The summed E-state index contributed by atoms with van der Waals surface area (Å²) in [5, 5.41) is 2.58. The summed E-state index contributed by atoms with van der Waals surface area (Å²) in [6, 6.07) is 0. The molecule has 1 heterocycles. The van der Waals surface area contributed by atoms with Crippen LogP contribution in [-0.4, -0.2) is 23.2 Å². The van der Waals surface area contributed by atoms with Gasteiger partial charge < -0.3 is 14.6 Å². The number of anilines is 1. The van der Waals surface area contributed by atoms with Gasteiger partial charge in [0.05, 0.1) is 10.6 Å². The molecule has 0 saturated carbocycles. The van der Waals surface area contributed by atoms with Crippen molar-refractivity contribution < 1.29 is 9.53 Å². The number of nitrogens with zero attached hydrogens (tertiary/aromatic N) is 1. The van der Waals surface area contributed by atoms with E-state index in [4.69, 9.17) is 4.74 Å². The zero-order valence-electron chi connectivity index (χ0n) is 11.4. The Morgan fingerprint density at radius 3 is 2.74 bits per heavy atom. The van der Waals surface area contributed by atoms with E-state index in [1.165, 1.54) is 0 Å². The first-order chi connectivity index (χ1) is 8.97. The number of pyridine rings is 1. The summed E-state index contributed by atoms with van der Waals surface area (Å²) < 4.78 is 7.56. The van der Waals surface area contributed by atoms with E-state index in [0.717, 1.165) is 6.42 Å². The number of hydrogen-bond acceptors (Lipinski definition) is 3. The van der Waals surface area contributed by atoms with Gasteiger partial charge in [0, 0.05) is 18.9 Å². The van der Waals surface area contributed by atoms with Crippen LogP contribution in [0, 0.1) is 0 Å². The molecule has 6 heteroatoms. The highest BCUT2D eigenvalue weighted by atomic mass is 79.9. The van der Waals surface area contributed by atoms with E-state index < -0.39 is 0 Å². The molecule has 0 radical (unpaired) electrons. The monoisotopic (exact) mass is 330 g/mol. The molecule has 0 aliphatic carbocycles. The average molecular weight is 331 g/mol. The maximum atomic E-state index is 11.9. The zero-order chi connectivity index (χ0) is 14.4. The number of nitrogens with one attached hydrogen (secondary N) is 1. The van der Waals surface area contributed by atoms with Crippen molar-refractivity contribution in [3.05, 3.63) is 27.1 Å². The summed E-state index contributed by atoms with van der Waals surface area (Å²) in [7, 11) is 0. The molecule has 1 amide bonds. The normalized spacial score (nSPS) is 12.2. The number of rotatable bonds is 6. The number of ether oxygens (including phenoxy) is 1. The minimum atomic E-state index is -0.321. The van der Waals surface area contributed by atoms with Crippen LogP contribution in [0.3, 0.4) is 0 Å². The molecule has 106 valence electrons. The highest BCUT2D eigenvalue weighted by Crippen LogP contribution is 2.09. The topological polar surface area (TPSA) is 60.3 Å². The molecule has 1 atom stereocenters. The SMILES string of the molecule is CC[C@@H](C)OCC(=O)Nc1cn(CC)cc(Br)c1=O. The van der Waals surface area contributed by atoms with Crippen molar-refractivity contribution >= 4 is 27.5 Å². The number of amides is 1. The Bertz CT molecular complexity index is 499. The first-order valence-corrected chi connectivity index (χ1v) is 7.08. The lowest BCUT2D eigenvalue weighted by atomic mass is 10.3. The fourth-order valence-electron chi connectivity index (χ4n) is 1.39. The molecule has 0 aliphatic rings. The predicted molar refractivity (Wildman–Crippen MR) is 78.4 cm³/mol. The van der Waals surface area contributed by atoms with Gasteiger partial charge in [0.2, 0.25) is 5.43 Å². The Morgan fingerprint density at radius 2 is 2.16 bits per heavy atom. The molecule has 0 bridgehead atoms. The second-order valence-corrected chi connectivity index (χ2v) is 5.11. The number of aryl methyl sites for hydroxylation is 1. The van der Waals surface area contributed by atoms with Crippen molar-refractivity contribution in [1.29, 1.82) is 0 Å². The van der Waals surface area contributed by atoms with Crippen LogP contribution in [-0.2, 0) is 16.1 Å². The molecule has 1 N–H and O–H groups in total. The molecule has 1 aromatic heterocycles. The van der Waals surface area contributed by atoms with Gasteiger partial charge in [-0.15, -0.1) is 0 Å². The molecule has 0 aliphatic heterocycles. The lowest BCUT2D eigenvalue weighted by molar-refractivity contribution is -0.122. The minimum Gasteiger partial charge on any atom is -0.369 e. The van der Waals surface area contributed by atoms with E-state index >= 15 is 0 Å². The summed E-state index contributed by atoms with van der Waals surface area (Å²) in [6.45, 7) is 6.50. The molecule has 1 aromatic rings. The fourth-order valence-corrected chi connectivity index (χ4v) is 1.86. The number of carbonyl (C=O) groups is 1. The van der Waals surface area contributed by atoms with Gasteiger partial charge in [-0.05, 0) is 36.2 Å². The average Bonchev–Trinajstić information content (AvgIpc) is 2.40. The molecular weight excluding hydrogens is 312 g/mol. The Balaban J connectivity index is 2.74. The molecule has 19 heavy (non-hydrogen) atoms. The zero-order valence-corrected chi connectivity index (χ0v) is 13.0. The van der Waals surface area contributed by atoms with Crippen molar-refractivity contribution in [2.45, 2.75) is 39.8 Å². The molecule has 0 saturated heterocycles. The van der Waals surface area contributed by atoms with Crippen molar-refractivity contribution in [1.82, 2.24) is 4.57 Å². The van der Waals surface area contributed by atoms with E-state index in [9.17, 15) is 9.59 Å². The standard InChI is InChI=1S/C13H19BrN2O3/c1-4-9(3)19-8-12(17)15-11-7-16(5-2)6-10(14)13(11)18/h6-7,9H,4-5,8H2,1-3H3,(H,15,17)/t9-/m1/s1. The molecule has 0 aromatic carbocycles. The third kappa shape index (κ3) is 4.80. The highest BCUT2D eigenvalue weighted by Gasteiger charge is 2.10. The van der Waals surface area contributed by atoms with Gasteiger partial charge in [-0.3, -0.25) is 9.59 Å². The summed E-state index contributed by atoms with van der Waals surface area (Å²) in [4.78, 5) is 23.5. The van der Waals surface area contributed by atoms with Gasteiger partial charge in [-0.2, -0.15) is 0 Å². The quantitative estimate of drug-likeness (QED) is 0.871. The maximum Gasteiger partial charge on any atom is 0.250 e. The van der Waals surface area contributed by atoms with Gasteiger partial charge in [0.25, 0.3) is 5.91 Å². The highest BCUT2D eigenvalue weighted by molar-refractivity contribution is 9.10. The Morgan fingerprint density at radius 1 is 1.47 bits per heavy atom. The molecule has 0 fully saturated rings. The van der Waals surface area contributed by atoms with Gasteiger partial charge in [-0.1, -0.05) is 6.92 Å². The van der Waals surface area contributed by atoms with Gasteiger partial charge in [-0.25, -0.2) is 0 Å². The van der Waals surface area contributed by atoms with E-state index in [0.29, 0.717) is 11.0 Å².